The van der Waals surface area contributed by atoms with Crippen molar-refractivity contribution in [3.8, 4) is 44.5 Å². The minimum absolute atomic E-state index is 0.376. The van der Waals surface area contributed by atoms with Crippen molar-refractivity contribution in [2.24, 2.45) is 0 Å². The van der Waals surface area contributed by atoms with Crippen molar-refractivity contribution in [3.63, 3.8) is 0 Å². The molecule has 11 aromatic rings. The normalized spacial score (nSPS) is 13.0. The van der Waals surface area contributed by atoms with E-state index >= 15 is 0 Å². The van der Waals surface area contributed by atoms with Crippen LogP contribution < -0.4 is 4.90 Å². The Morgan fingerprint density at radius 2 is 0.869 bits per heavy atom. The van der Waals surface area contributed by atoms with Crippen LogP contribution in [0, 0.1) is 0 Å². The average molecular weight is 776 g/mol. The predicted octanol–water partition coefficient (Wildman–Crippen LogP) is 15.9. The number of rotatable bonds is 5. The Morgan fingerprint density at radius 3 is 1.59 bits per heavy atom. The quantitative estimate of drug-likeness (QED) is 0.173. The van der Waals surface area contributed by atoms with Gasteiger partial charge in [0, 0.05) is 39.5 Å². The van der Waals surface area contributed by atoms with Crippen molar-refractivity contribution < 1.29 is 4.42 Å². The van der Waals surface area contributed by atoms with E-state index in [-0.39, 0.29) is 5.41 Å². The predicted molar refractivity (Wildman–Crippen MR) is 253 cm³/mol. The van der Waals surface area contributed by atoms with Crippen LogP contribution in [-0.4, -0.2) is 0 Å². The summed E-state index contributed by atoms with van der Waals surface area (Å²) in [7, 11) is 0. The first-order valence-corrected chi connectivity index (χ1v) is 21.1. The molecule has 2 heteroatoms. The third-order valence-electron chi connectivity index (χ3n) is 13.3. The zero-order valence-electron chi connectivity index (χ0n) is 33.2. The molecule has 0 aliphatic heterocycles. The van der Waals surface area contributed by atoms with Crippen LogP contribution in [0.3, 0.4) is 0 Å². The number of benzene rings is 10. The zero-order chi connectivity index (χ0) is 40.1. The first kappa shape index (κ1) is 34.0. The summed E-state index contributed by atoms with van der Waals surface area (Å²) in [6, 6.07) is 82.1. The van der Waals surface area contributed by atoms with E-state index in [9.17, 15) is 0 Å². The lowest BCUT2D eigenvalue weighted by atomic mass is 9.70. The molecular formula is C59H37NO. The molecule has 2 nitrogen and oxygen atoms in total. The van der Waals surface area contributed by atoms with Gasteiger partial charge in [-0.25, -0.2) is 0 Å². The maximum Gasteiger partial charge on any atom is 0.143 e. The summed E-state index contributed by atoms with van der Waals surface area (Å²) in [5, 5.41) is 4.64. The smallest absolute Gasteiger partial charge is 0.143 e. The van der Waals surface area contributed by atoms with Gasteiger partial charge in [0.15, 0.2) is 0 Å². The van der Waals surface area contributed by atoms with E-state index in [0.717, 1.165) is 50.1 Å². The van der Waals surface area contributed by atoms with E-state index in [1.165, 1.54) is 66.4 Å². The van der Waals surface area contributed by atoms with Gasteiger partial charge in [-0.2, -0.15) is 0 Å². The number of hydrogen-bond donors (Lipinski definition) is 0. The van der Waals surface area contributed by atoms with Crippen LogP contribution in [0.25, 0.3) is 77.2 Å². The molecule has 0 unspecified atom stereocenters. The van der Waals surface area contributed by atoms with E-state index in [1.54, 1.807) is 0 Å². The molecule has 0 radical (unpaired) electrons. The summed E-state index contributed by atoms with van der Waals surface area (Å²) < 4.78 is 6.76. The van der Waals surface area contributed by atoms with Crippen molar-refractivity contribution in [1.29, 1.82) is 0 Å². The van der Waals surface area contributed by atoms with Crippen molar-refractivity contribution in [2.75, 3.05) is 4.90 Å². The fourth-order valence-corrected chi connectivity index (χ4v) is 10.6. The number of nitrogens with zero attached hydrogens (tertiary/aromatic N) is 1. The lowest BCUT2D eigenvalue weighted by Gasteiger charge is -2.30. The molecule has 0 fully saturated rings. The van der Waals surface area contributed by atoms with Gasteiger partial charge in [0.05, 0.1) is 5.41 Å². The van der Waals surface area contributed by atoms with E-state index in [4.69, 9.17) is 4.42 Å². The minimum Gasteiger partial charge on any atom is -0.455 e. The second-order valence-electron chi connectivity index (χ2n) is 16.4. The van der Waals surface area contributed by atoms with Gasteiger partial charge in [-0.05, 0) is 114 Å². The number of fused-ring (bicyclic) bond motifs is 14. The molecule has 61 heavy (non-hydrogen) atoms. The number of furan rings is 1. The van der Waals surface area contributed by atoms with Crippen LogP contribution in [0.1, 0.15) is 22.3 Å². The van der Waals surface area contributed by atoms with E-state index < -0.39 is 0 Å². The van der Waals surface area contributed by atoms with E-state index in [0.29, 0.717) is 0 Å². The molecule has 1 aromatic heterocycles. The van der Waals surface area contributed by atoms with Gasteiger partial charge in [0.25, 0.3) is 0 Å². The Morgan fingerprint density at radius 1 is 0.311 bits per heavy atom. The minimum atomic E-state index is -0.376. The largest absolute Gasteiger partial charge is 0.455 e. The fraction of sp³-hybridized carbons (Fsp3) is 0.0169. The highest BCUT2D eigenvalue weighted by Crippen LogP contribution is 2.63. The molecule has 13 rings (SSSR count). The van der Waals surface area contributed by atoms with Crippen LogP contribution in [0.2, 0.25) is 0 Å². The molecule has 0 saturated heterocycles. The zero-order valence-corrected chi connectivity index (χ0v) is 33.2. The van der Waals surface area contributed by atoms with Gasteiger partial charge < -0.3 is 9.32 Å². The lowest BCUT2D eigenvalue weighted by molar-refractivity contribution is 0.670. The van der Waals surface area contributed by atoms with Gasteiger partial charge >= 0.3 is 0 Å². The molecule has 0 atom stereocenters. The summed E-state index contributed by atoms with van der Waals surface area (Å²) in [5.74, 6) is 0. The lowest BCUT2D eigenvalue weighted by Crippen LogP contribution is -2.25. The number of hydrogen-bond acceptors (Lipinski definition) is 2. The SMILES string of the molecule is c1ccc(-c2cccc3c2oc2cc(N(c4ccc(-c5ccc6c(c5)C5(c7ccccc7-c7ccccc75)c5ccccc5-6)cc4)c4ccc5ccccc5c4)ccc23)cc1. The Kier molecular flexibility index (Phi) is 7.26. The van der Waals surface area contributed by atoms with Gasteiger partial charge in [0.2, 0.25) is 0 Å². The summed E-state index contributed by atoms with van der Waals surface area (Å²) in [6.45, 7) is 0. The van der Waals surface area contributed by atoms with E-state index in [2.05, 4.69) is 229 Å². The Bertz CT molecular complexity index is 3480. The summed E-state index contributed by atoms with van der Waals surface area (Å²) >= 11 is 0. The maximum atomic E-state index is 6.76. The van der Waals surface area contributed by atoms with E-state index in [1.807, 2.05) is 0 Å². The standard InChI is InChI=1S/C59H37NO/c1-2-14-40(15-3-1)46-20-12-21-52-51-34-32-45(37-57(51)61-58(46)52)60(44-31-27-38-13-4-5-16-41(38)35-44)43-29-25-39(26-30-43)42-28-33-50-49-19-8-11-24-55(49)59(56(50)36-42)53-22-9-6-17-47(53)48-18-7-10-23-54(48)59/h1-37H. The number of para-hydroxylation sites is 1. The molecule has 2 aliphatic carbocycles. The molecule has 1 spiro atoms. The maximum absolute atomic E-state index is 6.76. The van der Waals surface area contributed by atoms with Gasteiger partial charge in [0.1, 0.15) is 11.2 Å². The summed E-state index contributed by atoms with van der Waals surface area (Å²) in [4.78, 5) is 2.35. The molecule has 0 saturated carbocycles. The topological polar surface area (TPSA) is 16.4 Å². The Balaban J connectivity index is 0.948. The van der Waals surface area contributed by atoms with Crippen molar-refractivity contribution >= 4 is 49.8 Å². The van der Waals surface area contributed by atoms with Gasteiger partial charge in [-0.1, -0.05) is 176 Å². The molecular weight excluding hydrogens is 739 g/mol. The molecule has 284 valence electrons. The molecule has 1 heterocycles. The first-order chi connectivity index (χ1) is 30.2. The summed E-state index contributed by atoms with van der Waals surface area (Å²) in [6.07, 6.45) is 0. The highest BCUT2D eigenvalue weighted by atomic mass is 16.3. The highest BCUT2D eigenvalue weighted by Gasteiger charge is 2.51. The van der Waals surface area contributed by atoms with Crippen LogP contribution in [0.4, 0.5) is 17.1 Å². The van der Waals surface area contributed by atoms with Crippen LogP contribution >= 0.6 is 0 Å². The molecule has 0 amide bonds. The average Bonchev–Trinajstić information content (AvgIpc) is 3.96. The molecule has 0 bridgehead atoms. The number of anilines is 3. The molecule has 10 aromatic carbocycles. The molecule has 0 N–H and O–H groups in total. The van der Waals surface area contributed by atoms with Crippen LogP contribution in [0.5, 0.6) is 0 Å². The Hall–Kier alpha value is -7.94. The van der Waals surface area contributed by atoms with Crippen molar-refractivity contribution in [2.45, 2.75) is 5.41 Å². The summed E-state index contributed by atoms with van der Waals surface area (Å²) in [5.41, 5.74) is 19.9. The Labute approximate surface area is 354 Å². The van der Waals surface area contributed by atoms with Crippen molar-refractivity contribution in [3.05, 3.63) is 247 Å². The van der Waals surface area contributed by atoms with Crippen LogP contribution in [0.15, 0.2) is 229 Å². The van der Waals surface area contributed by atoms with Crippen LogP contribution in [-0.2, 0) is 5.41 Å². The third kappa shape index (κ3) is 4.91. The third-order valence-corrected chi connectivity index (χ3v) is 13.3. The highest BCUT2D eigenvalue weighted by molar-refractivity contribution is 6.10. The van der Waals surface area contributed by atoms with Crippen molar-refractivity contribution in [1.82, 2.24) is 0 Å². The molecule has 2 aliphatic rings. The second-order valence-corrected chi connectivity index (χ2v) is 16.4. The monoisotopic (exact) mass is 775 g/mol. The first-order valence-electron chi connectivity index (χ1n) is 21.1. The second kappa shape index (κ2) is 13.0. The van der Waals surface area contributed by atoms with Gasteiger partial charge in [-0.3, -0.25) is 0 Å². The van der Waals surface area contributed by atoms with Gasteiger partial charge in [-0.15, -0.1) is 0 Å². The fourth-order valence-electron chi connectivity index (χ4n) is 10.6.